The monoisotopic (exact) mass is 140 g/mol. The van der Waals surface area contributed by atoms with Crippen LogP contribution in [0.1, 0.15) is 19.8 Å². The lowest BCUT2D eigenvalue weighted by Gasteiger charge is -1.81. The Morgan fingerprint density at radius 3 is 2.14 bits per heavy atom. The van der Waals surface area contributed by atoms with Gasteiger partial charge in [-0.2, -0.15) is 0 Å². The first-order valence-electron chi connectivity index (χ1n) is 2.69. The predicted molar refractivity (Wildman–Crippen MR) is 35.4 cm³/mol. The second kappa shape index (κ2) is 9.87. The Morgan fingerprint density at radius 1 is 1.43 bits per heavy atom. The third kappa shape index (κ3) is 10.8. The molecule has 46 valence electrons. The van der Waals surface area contributed by atoms with E-state index >= 15 is 0 Å². The van der Waals surface area contributed by atoms with E-state index in [1.807, 2.05) is 0 Å². The quantitative estimate of drug-likeness (QED) is 0.343. The van der Waals surface area contributed by atoms with E-state index in [2.05, 4.69) is 13.6 Å². The summed E-state index contributed by atoms with van der Waals surface area (Å²) in [5.74, 6) is 0. The highest BCUT2D eigenvalue weighted by Gasteiger charge is 1.80. The Kier molecular flexibility index (Phi) is 15.0. The van der Waals surface area contributed by atoms with Gasteiger partial charge in [0.25, 0.3) is 0 Å². The smallest absolute Gasteiger partial charge is 0.0546 e. The van der Waals surface area contributed by atoms with Crippen LogP contribution in [0.25, 0.3) is 0 Å². The van der Waals surface area contributed by atoms with Crippen LogP contribution in [0.4, 0.5) is 0 Å². The van der Waals surface area contributed by atoms with Gasteiger partial charge in [-0.1, -0.05) is 13.3 Å². The highest BCUT2D eigenvalue weighted by molar-refractivity contribution is 7.36. The molecule has 0 aromatic carbocycles. The molecule has 0 saturated carbocycles. The molecule has 0 N–H and O–H groups in total. The maximum absolute atomic E-state index is 2.32. The van der Waals surface area contributed by atoms with Gasteiger partial charge < -0.3 is 12.4 Å². The Hall–Kier alpha value is 0.720. The van der Waals surface area contributed by atoms with Crippen molar-refractivity contribution in [3.05, 3.63) is 0 Å². The molecule has 0 saturated heterocycles. The van der Waals surface area contributed by atoms with Crippen LogP contribution >= 0.6 is 8.58 Å². The second-order valence-corrected chi connectivity index (χ2v) is 2.94. The largest absolute Gasteiger partial charge is 1.00 e. The van der Waals surface area contributed by atoms with Gasteiger partial charge in [0.2, 0.25) is 0 Å². The summed E-state index contributed by atoms with van der Waals surface area (Å²) in [6.07, 6.45) is 4.32. The van der Waals surface area contributed by atoms with E-state index in [1.165, 1.54) is 19.0 Å². The molecule has 0 radical (unpaired) electrons. The molecular formula is C5H14ClP. The summed E-state index contributed by atoms with van der Waals surface area (Å²) >= 11 is 0. The van der Waals surface area contributed by atoms with Crippen molar-refractivity contribution in [1.29, 1.82) is 0 Å². The lowest BCUT2D eigenvalue weighted by atomic mass is 10.4. The Labute approximate surface area is 54.3 Å². The van der Waals surface area contributed by atoms with Gasteiger partial charge in [-0.3, -0.25) is 0 Å². The maximum Gasteiger partial charge on any atom is 0.0546 e. The van der Waals surface area contributed by atoms with Crippen LogP contribution in [0.3, 0.4) is 0 Å². The summed E-state index contributed by atoms with van der Waals surface area (Å²) in [5, 5.41) is 0. The summed E-state index contributed by atoms with van der Waals surface area (Å²) in [6.45, 7) is 4.56. The normalized spacial score (nSPS) is 9.43. The molecule has 0 fully saturated rings. The lowest BCUT2D eigenvalue weighted by Crippen LogP contribution is -3.00. The second-order valence-electron chi connectivity index (χ2n) is 1.55. The minimum atomic E-state index is 0. The fourth-order valence-electron chi connectivity index (χ4n) is 0.408. The van der Waals surface area contributed by atoms with Crippen LogP contribution < -0.4 is 12.4 Å². The minimum Gasteiger partial charge on any atom is -1.00 e. The summed E-state index contributed by atoms with van der Waals surface area (Å²) in [7, 11) is 0.784. The first-order valence-corrected chi connectivity index (χ1v) is 4.66. The van der Waals surface area contributed by atoms with E-state index in [1.54, 1.807) is 0 Å². The number of hydrogen-bond acceptors (Lipinski definition) is 0. The molecule has 2 heteroatoms. The van der Waals surface area contributed by atoms with E-state index in [9.17, 15) is 0 Å². The Balaban J connectivity index is 0. The van der Waals surface area contributed by atoms with Crippen molar-refractivity contribution in [3.8, 4) is 0 Å². The van der Waals surface area contributed by atoms with Gasteiger partial charge in [-0.25, -0.2) is 0 Å². The summed E-state index contributed by atoms with van der Waals surface area (Å²) < 4.78 is 0. The predicted octanol–water partition coefficient (Wildman–Crippen LogP) is -1.17. The van der Waals surface area contributed by atoms with Gasteiger partial charge in [-0.05, 0) is 15.0 Å². The molecule has 0 bridgehead atoms. The number of rotatable bonds is 3. The van der Waals surface area contributed by atoms with Gasteiger partial charge in [0.05, 0.1) is 6.16 Å². The number of unbranched alkanes of at least 4 members (excludes halogenated alkanes) is 1. The van der Waals surface area contributed by atoms with Gasteiger partial charge >= 0.3 is 0 Å². The lowest BCUT2D eigenvalue weighted by molar-refractivity contribution is -0.00000139. The average Bonchev–Trinajstić information content (AvgIpc) is 1.61. The van der Waals surface area contributed by atoms with Crippen LogP contribution in [-0.2, 0) is 0 Å². The molecule has 7 heavy (non-hydrogen) atoms. The van der Waals surface area contributed by atoms with E-state index in [0.29, 0.717) is 0 Å². The molecule has 0 aliphatic carbocycles. The fourth-order valence-corrected chi connectivity index (χ4v) is 1.22. The third-order valence-corrected chi connectivity index (χ3v) is 1.83. The Morgan fingerprint density at radius 2 is 2.00 bits per heavy atom. The van der Waals surface area contributed by atoms with E-state index in [0.717, 1.165) is 8.58 Å². The van der Waals surface area contributed by atoms with Gasteiger partial charge in [0, 0.05) is 6.66 Å². The average molecular weight is 141 g/mol. The molecule has 1 unspecified atom stereocenters. The van der Waals surface area contributed by atoms with Crippen molar-refractivity contribution in [2.45, 2.75) is 19.8 Å². The van der Waals surface area contributed by atoms with Crippen molar-refractivity contribution < 1.29 is 12.4 Å². The summed E-state index contributed by atoms with van der Waals surface area (Å²) in [4.78, 5) is 0. The molecule has 0 aromatic rings. The molecule has 0 nitrogen and oxygen atoms in total. The third-order valence-electron chi connectivity index (χ3n) is 0.846. The molecule has 0 aromatic heterocycles. The zero-order valence-corrected chi connectivity index (χ0v) is 6.99. The SMILES string of the molecule is CCCC[PH2+]C.[Cl-]. The van der Waals surface area contributed by atoms with E-state index < -0.39 is 0 Å². The minimum absolute atomic E-state index is 0. The van der Waals surface area contributed by atoms with Gasteiger partial charge in [0.15, 0.2) is 0 Å². The van der Waals surface area contributed by atoms with Crippen LogP contribution in [0.2, 0.25) is 0 Å². The van der Waals surface area contributed by atoms with Crippen molar-refractivity contribution in [3.63, 3.8) is 0 Å². The summed E-state index contributed by atoms with van der Waals surface area (Å²) in [6, 6.07) is 0. The standard InChI is InChI=1S/C5H13P.ClH/c1-3-4-5-6-2;/h6H,3-5H2,1-2H3;1H. The molecule has 0 rings (SSSR count). The Bertz CT molecular complexity index is 20.0. The first kappa shape index (κ1) is 10.7. The topological polar surface area (TPSA) is 0 Å². The van der Waals surface area contributed by atoms with Crippen molar-refractivity contribution in [1.82, 2.24) is 0 Å². The maximum atomic E-state index is 2.32. The van der Waals surface area contributed by atoms with Crippen LogP contribution in [0.15, 0.2) is 0 Å². The molecule has 0 aliphatic rings. The van der Waals surface area contributed by atoms with Gasteiger partial charge in [-0.15, -0.1) is 0 Å². The zero-order valence-electron chi connectivity index (χ0n) is 5.08. The molecule has 0 heterocycles. The van der Waals surface area contributed by atoms with Crippen LogP contribution in [-0.4, -0.2) is 12.8 Å². The van der Waals surface area contributed by atoms with Crippen molar-refractivity contribution in [2.24, 2.45) is 0 Å². The highest BCUT2D eigenvalue weighted by Crippen LogP contribution is 2.04. The van der Waals surface area contributed by atoms with Crippen LogP contribution in [0, 0.1) is 0 Å². The zero-order chi connectivity index (χ0) is 4.83. The van der Waals surface area contributed by atoms with E-state index in [4.69, 9.17) is 0 Å². The molecule has 0 spiro atoms. The van der Waals surface area contributed by atoms with E-state index in [-0.39, 0.29) is 12.4 Å². The van der Waals surface area contributed by atoms with Gasteiger partial charge in [0.1, 0.15) is 0 Å². The number of hydrogen-bond donors (Lipinski definition) is 0. The summed E-state index contributed by atoms with van der Waals surface area (Å²) in [5.41, 5.74) is 0. The molecule has 0 aliphatic heterocycles. The molecule has 0 amide bonds. The first-order chi connectivity index (χ1) is 2.91. The number of halogens is 1. The van der Waals surface area contributed by atoms with Crippen LogP contribution in [0.5, 0.6) is 0 Å². The highest BCUT2D eigenvalue weighted by atomic mass is 35.5. The fraction of sp³-hybridized carbons (Fsp3) is 1.00. The van der Waals surface area contributed by atoms with Crippen molar-refractivity contribution in [2.75, 3.05) is 12.8 Å². The molecule has 1 atom stereocenters. The van der Waals surface area contributed by atoms with Crippen molar-refractivity contribution >= 4 is 8.58 Å². The molecular weight excluding hydrogens is 126 g/mol.